The van der Waals surface area contributed by atoms with E-state index in [0.717, 1.165) is 49.7 Å². The Balaban J connectivity index is 0.655. The monoisotopic (exact) mass is 1110 g/mol. The van der Waals surface area contributed by atoms with Crippen molar-refractivity contribution in [1.82, 2.24) is 0 Å². The Hall–Kier alpha value is -1.73. The molecule has 0 radical (unpaired) electrons. The van der Waals surface area contributed by atoms with Gasteiger partial charge in [0, 0.05) is 70.1 Å². The Bertz CT molecular complexity index is 2340. The number of hydrogen-bond donors (Lipinski definition) is 3. The first-order valence-corrected chi connectivity index (χ1v) is 30.8. The van der Waals surface area contributed by atoms with E-state index in [1.165, 1.54) is 0 Å². The summed E-state index contributed by atoms with van der Waals surface area (Å²) in [5.74, 6) is -2.77. The van der Waals surface area contributed by atoms with E-state index >= 15 is 0 Å². The van der Waals surface area contributed by atoms with Crippen molar-refractivity contribution in [2.45, 2.75) is 313 Å². The van der Waals surface area contributed by atoms with Crippen LogP contribution < -0.4 is 0 Å². The van der Waals surface area contributed by atoms with Crippen LogP contribution in [0.25, 0.3) is 0 Å². The molecule has 19 nitrogen and oxygen atoms in total. The maximum Gasteiger partial charge on any atom is 0.308 e. The molecule has 16 aliphatic heterocycles. The summed E-state index contributed by atoms with van der Waals surface area (Å²) >= 11 is 0. The molecule has 0 aromatic heterocycles. The molecule has 16 saturated heterocycles. The average Bonchev–Trinajstić information content (AvgIpc) is 4.25. The van der Waals surface area contributed by atoms with E-state index < -0.39 is 72.8 Å². The second kappa shape index (κ2) is 20.2. The van der Waals surface area contributed by atoms with Crippen molar-refractivity contribution in [3.8, 4) is 0 Å². The summed E-state index contributed by atoms with van der Waals surface area (Å²) in [7, 11) is 0. The first-order chi connectivity index (χ1) is 38.0. The Morgan fingerprint density at radius 3 is 2.03 bits per heavy atom. The van der Waals surface area contributed by atoms with E-state index in [1.807, 2.05) is 0 Å². The number of esters is 1. The molecule has 16 rings (SSSR count). The van der Waals surface area contributed by atoms with Crippen molar-refractivity contribution in [3.05, 3.63) is 24.3 Å². The Kier molecular flexibility index (Phi) is 13.8. The summed E-state index contributed by atoms with van der Waals surface area (Å²) in [5.41, 5.74) is 2.15. The molecule has 0 saturated carbocycles. The van der Waals surface area contributed by atoms with Gasteiger partial charge in [0.25, 0.3) is 0 Å². The van der Waals surface area contributed by atoms with Crippen molar-refractivity contribution in [1.29, 1.82) is 0 Å². The van der Waals surface area contributed by atoms with E-state index in [2.05, 4.69) is 40.9 Å². The zero-order chi connectivity index (χ0) is 54.0. The SMILES string of the molecule is C=C1C[C@@H]2CC[C@@]34C[C@@H]5O[C@H]6[C@@H](O3)[C@H]3O[C@H](CC[C@@H]3O[C@H]6C5O4)CC(=O)O[C@@H]3[C@@H](C)[C@@H]4O[C@@H]5C[C@]6(C[C@@H]7O[C@]8(C[C@H](C)[C@@H]9O[C@H]([C@@H](O)C[C@@H](O)CO)C[C@@H]9O8)C[C@H](C)[C@@H]7O6)O[C@@H]5C[C@@H]4O[C@H]3C[C@H]3O[C@@H](CC[C@@H]1O2)C[C@@H](C)C3=C. The topological polar surface area (TPSA) is 216 Å². The molecule has 0 aliphatic carbocycles. The van der Waals surface area contributed by atoms with Crippen molar-refractivity contribution in [2.24, 2.45) is 23.7 Å². The van der Waals surface area contributed by atoms with Gasteiger partial charge in [-0.25, -0.2) is 0 Å². The molecule has 16 aliphatic rings. The quantitative estimate of drug-likeness (QED) is 0.251. The van der Waals surface area contributed by atoms with Crippen LogP contribution in [0.1, 0.15) is 143 Å². The molecule has 0 aromatic rings. The zero-order valence-electron chi connectivity index (χ0n) is 46.5. The minimum atomic E-state index is -1.02. The predicted molar refractivity (Wildman–Crippen MR) is 274 cm³/mol. The fraction of sp³-hybridized carbons (Fsp3) is 0.917. The molecular weight excluding hydrogens is 1020 g/mol. The van der Waals surface area contributed by atoms with Crippen LogP contribution in [0.3, 0.4) is 0 Å². The van der Waals surface area contributed by atoms with Crippen molar-refractivity contribution in [2.75, 3.05) is 6.61 Å². The van der Waals surface area contributed by atoms with Crippen molar-refractivity contribution >= 4 is 5.97 Å². The van der Waals surface area contributed by atoms with Gasteiger partial charge in [-0.2, -0.15) is 0 Å². The standard InChI is InChI=1S/C60H86O19/c1-26-13-33-7-9-37-27(2)14-35(65-37)11-12-58-23-46-54(78-58)55-56(72-46)57(79-58)53-38(69-55)10-8-34(67-53)16-48(64)73-52-31(6)51-43(68-42(52)17-39(66-33)30(26)5)19-41-45(71-51)22-60(74-41)24-47-50(77-60)29(4)21-59(76-47)20-28(3)49-44(75-59)18-40(70-49)36(63)15-32(62)25-61/h26,28-29,31-47,49-57,61-63H,2,5,7-25H2,1,3-4,6H3/t26-,28+,29+,31+,32-,33+,34-,35+,36+,37+,38+,39-,40+,41-,42+,43+,44+,45-,46+,47+,49+,50+,51+,52-,53+,54?,55+,56-,57+,58+,59-,60+/m1/s1. The Labute approximate surface area is 463 Å². The summed E-state index contributed by atoms with van der Waals surface area (Å²) in [5, 5.41) is 30.3. The van der Waals surface area contributed by atoms with Crippen molar-refractivity contribution in [3.63, 3.8) is 0 Å². The first kappa shape index (κ1) is 54.0. The number of hydrogen-bond acceptors (Lipinski definition) is 19. The maximum atomic E-state index is 14.6. The fourth-order valence-electron chi connectivity index (χ4n) is 18.2. The maximum absolute atomic E-state index is 14.6. The lowest BCUT2D eigenvalue weighted by molar-refractivity contribution is -0.347. The largest absolute Gasteiger partial charge is 0.459 e. The van der Waals surface area contributed by atoms with Crippen LogP contribution in [-0.4, -0.2) is 198 Å². The third-order valence-electron chi connectivity index (χ3n) is 21.9. The highest BCUT2D eigenvalue weighted by atomic mass is 16.8. The highest BCUT2D eigenvalue weighted by Gasteiger charge is 2.70. The van der Waals surface area contributed by atoms with Gasteiger partial charge >= 0.3 is 5.97 Å². The highest BCUT2D eigenvalue weighted by Crippen LogP contribution is 2.58. The lowest BCUT2D eigenvalue weighted by Crippen LogP contribution is -2.62. The molecule has 0 amide bonds. The smallest absolute Gasteiger partial charge is 0.308 e. The third kappa shape index (κ3) is 9.43. The Morgan fingerprint density at radius 1 is 0.506 bits per heavy atom. The van der Waals surface area contributed by atoms with E-state index in [4.69, 9.17) is 71.1 Å². The van der Waals surface area contributed by atoms with Gasteiger partial charge in [0.05, 0.1) is 129 Å². The second-order valence-corrected chi connectivity index (χ2v) is 27.5. The minimum absolute atomic E-state index is 0.0143. The fourth-order valence-corrected chi connectivity index (χ4v) is 18.2. The summed E-state index contributed by atoms with van der Waals surface area (Å²) < 4.78 is 104. The molecular formula is C60H86O19. The summed E-state index contributed by atoms with van der Waals surface area (Å²) in [6.07, 6.45) is 2.17. The molecule has 16 heterocycles. The van der Waals surface area contributed by atoms with Gasteiger partial charge in [0.1, 0.15) is 36.6 Å². The van der Waals surface area contributed by atoms with Gasteiger partial charge in [-0.1, -0.05) is 40.9 Å². The molecule has 440 valence electrons. The number of aliphatic hydroxyl groups is 3. The Morgan fingerprint density at radius 2 is 1.18 bits per heavy atom. The van der Waals surface area contributed by atoms with Gasteiger partial charge in [-0.3, -0.25) is 4.79 Å². The molecule has 19 heteroatoms. The van der Waals surface area contributed by atoms with Crippen LogP contribution in [0.4, 0.5) is 0 Å². The van der Waals surface area contributed by atoms with E-state index in [-0.39, 0.29) is 146 Å². The zero-order valence-corrected chi connectivity index (χ0v) is 46.5. The summed E-state index contributed by atoms with van der Waals surface area (Å²) in [6, 6.07) is 0. The van der Waals surface area contributed by atoms with Crippen LogP contribution in [-0.2, 0) is 75.8 Å². The minimum Gasteiger partial charge on any atom is -0.459 e. The number of carbonyl (C=O) groups excluding carboxylic acids is 1. The normalized spacial score (nSPS) is 57.2. The lowest BCUT2D eigenvalue weighted by atomic mass is 9.79. The predicted octanol–water partition coefficient (Wildman–Crippen LogP) is 4.93. The van der Waals surface area contributed by atoms with Crippen LogP contribution >= 0.6 is 0 Å². The molecule has 3 spiro atoms. The first-order valence-electron chi connectivity index (χ1n) is 30.8. The van der Waals surface area contributed by atoms with Gasteiger partial charge in [-0.15, -0.1) is 0 Å². The number of aliphatic hydroxyl groups excluding tert-OH is 3. The third-order valence-corrected chi connectivity index (χ3v) is 21.9. The van der Waals surface area contributed by atoms with Gasteiger partial charge in [0.2, 0.25) is 0 Å². The van der Waals surface area contributed by atoms with E-state index in [0.29, 0.717) is 64.2 Å². The molecule has 1 unspecified atom stereocenters. The van der Waals surface area contributed by atoms with Gasteiger partial charge in [-0.05, 0) is 73.8 Å². The molecule has 0 aromatic carbocycles. The summed E-state index contributed by atoms with van der Waals surface area (Å²) in [4.78, 5) is 14.6. The molecule has 3 N–H and O–H groups in total. The number of rotatable bonds is 4. The van der Waals surface area contributed by atoms with Crippen molar-refractivity contribution < 1.29 is 91.2 Å². The second-order valence-electron chi connectivity index (χ2n) is 27.5. The van der Waals surface area contributed by atoms with Crippen LogP contribution in [0.2, 0.25) is 0 Å². The van der Waals surface area contributed by atoms with Gasteiger partial charge in [0.15, 0.2) is 17.4 Å². The van der Waals surface area contributed by atoms with E-state index in [9.17, 15) is 20.1 Å². The molecule has 32 atom stereocenters. The number of carbonyl (C=O) groups is 1. The average molecular weight is 1110 g/mol. The van der Waals surface area contributed by atoms with E-state index in [1.54, 1.807) is 0 Å². The number of fused-ring (bicyclic) bond motifs is 10. The molecule has 16 fully saturated rings. The van der Waals surface area contributed by atoms with Crippen LogP contribution in [0.5, 0.6) is 0 Å². The highest BCUT2D eigenvalue weighted by molar-refractivity contribution is 5.70. The van der Waals surface area contributed by atoms with Crippen LogP contribution in [0, 0.1) is 23.7 Å². The molecule has 12 bridgehead atoms. The van der Waals surface area contributed by atoms with Crippen LogP contribution in [0.15, 0.2) is 24.3 Å². The molecule has 79 heavy (non-hydrogen) atoms. The lowest BCUT2D eigenvalue weighted by Gasteiger charge is -2.50. The van der Waals surface area contributed by atoms with Gasteiger partial charge < -0.3 is 86.4 Å². The number of ether oxygens (including phenoxy) is 15. The summed E-state index contributed by atoms with van der Waals surface area (Å²) in [6.45, 7) is 17.4.